The summed E-state index contributed by atoms with van der Waals surface area (Å²) in [6, 6.07) is 16.8. The van der Waals surface area contributed by atoms with Gasteiger partial charge in [-0.05, 0) is 23.1 Å². The molecule has 100 valence electrons. The quantitative estimate of drug-likeness (QED) is 0.866. The fourth-order valence-electron chi connectivity index (χ4n) is 2.25. The summed E-state index contributed by atoms with van der Waals surface area (Å²) in [6.07, 6.45) is 0.336. The van der Waals surface area contributed by atoms with Gasteiger partial charge in [0.25, 0.3) is 10.1 Å². The van der Waals surface area contributed by atoms with Crippen molar-refractivity contribution in [3.63, 3.8) is 0 Å². The van der Waals surface area contributed by atoms with Crippen LogP contribution in [0.3, 0.4) is 0 Å². The Bertz CT molecular complexity index is 648. The van der Waals surface area contributed by atoms with Gasteiger partial charge in [-0.25, -0.2) is 0 Å². The molecule has 1 unspecified atom stereocenters. The van der Waals surface area contributed by atoms with E-state index in [1.807, 2.05) is 42.5 Å². The second kappa shape index (κ2) is 5.55. The summed E-state index contributed by atoms with van der Waals surface area (Å²) in [5.41, 5.74) is 2.42. The van der Waals surface area contributed by atoms with E-state index >= 15 is 0 Å². The van der Waals surface area contributed by atoms with Crippen LogP contribution < -0.4 is 0 Å². The highest BCUT2D eigenvalue weighted by atomic mass is 32.2. The standard InChI is InChI=1S/C15H16O3S/c1-2-15(19(16,17)18)14-11-7-6-10-13(14)12-8-4-3-5-9-12/h3-11,15H,2H2,1H3,(H,16,17,18). The molecule has 1 N–H and O–H groups in total. The van der Waals surface area contributed by atoms with Crippen LogP contribution in [-0.2, 0) is 10.1 Å². The molecule has 0 fully saturated rings. The van der Waals surface area contributed by atoms with Gasteiger partial charge in [-0.1, -0.05) is 61.5 Å². The SMILES string of the molecule is CCC(c1ccccc1-c1ccccc1)S(=O)(=O)O. The molecule has 0 aliphatic rings. The summed E-state index contributed by atoms with van der Waals surface area (Å²) in [5.74, 6) is 0. The summed E-state index contributed by atoms with van der Waals surface area (Å²) in [5, 5.41) is -0.885. The van der Waals surface area contributed by atoms with Crippen molar-refractivity contribution in [3.05, 3.63) is 60.2 Å². The number of rotatable bonds is 4. The molecular weight excluding hydrogens is 260 g/mol. The van der Waals surface area contributed by atoms with Gasteiger partial charge in [0.2, 0.25) is 0 Å². The average molecular weight is 276 g/mol. The first-order valence-corrected chi connectivity index (χ1v) is 7.65. The van der Waals surface area contributed by atoms with Gasteiger partial charge in [0, 0.05) is 0 Å². The van der Waals surface area contributed by atoms with Crippen molar-refractivity contribution < 1.29 is 13.0 Å². The third-order valence-corrected chi connectivity index (χ3v) is 4.43. The predicted octanol–water partition coefficient (Wildman–Crippen LogP) is 3.69. The fraction of sp³-hybridized carbons (Fsp3) is 0.200. The summed E-state index contributed by atoms with van der Waals surface area (Å²) < 4.78 is 32.4. The van der Waals surface area contributed by atoms with E-state index in [0.29, 0.717) is 12.0 Å². The zero-order valence-corrected chi connectivity index (χ0v) is 11.5. The van der Waals surface area contributed by atoms with Crippen LogP contribution in [-0.4, -0.2) is 13.0 Å². The van der Waals surface area contributed by atoms with E-state index in [2.05, 4.69) is 0 Å². The number of benzene rings is 2. The minimum Gasteiger partial charge on any atom is -0.285 e. The smallest absolute Gasteiger partial charge is 0.272 e. The van der Waals surface area contributed by atoms with Gasteiger partial charge in [0.1, 0.15) is 5.25 Å². The molecule has 0 amide bonds. The molecule has 0 heterocycles. The van der Waals surface area contributed by atoms with E-state index < -0.39 is 15.4 Å². The van der Waals surface area contributed by atoms with Crippen LogP contribution in [0.25, 0.3) is 11.1 Å². The lowest BCUT2D eigenvalue weighted by molar-refractivity contribution is 0.466. The van der Waals surface area contributed by atoms with Gasteiger partial charge in [0.15, 0.2) is 0 Å². The number of hydrogen-bond donors (Lipinski definition) is 1. The Labute approximate surface area is 113 Å². The molecule has 0 aliphatic heterocycles. The van der Waals surface area contributed by atoms with Crippen molar-refractivity contribution in [1.82, 2.24) is 0 Å². The van der Waals surface area contributed by atoms with Crippen molar-refractivity contribution in [2.75, 3.05) is 0 Å². The van der Waals surface area contributed by atoms with Gasteiger partial charge in [-0.2, -0.15) is 8.42 Å². The van der Waals surface area contributed by atoms with Crippen molar-refractivity contribution in [1.29, 1.82) is 0 Å². The Morgan fingerprint density at radius 3 is 2.16 bits per heavy atom. The first-order chi connectivity index (χ1) is 9.04. The molecule has 2 aromatic rings. The zero-order valence-electron chi connectivity index (χ0n) is 10.7. The van der Waals surface area contributed by atoms with E-state index in [1.165, 1.54) is 0 Å². The summed E-state index contributed by atoms with van der Waals surface area (Å²) >= 11 is 0. The van der Waals surface area contributed by atoms with Crippen LogP contribution in [0.2, 0.25) is 0 Å². The highest BCUT2D eigenvalue weighted by Crippen LogP contribution is 2.33. The molecule has 0 saturated heterocycles. The molecule has 0 saturated carbocycles. The third kappa shape index (κ3) is 3.03. The third-order valence-electron chi connectivity index (χ3n) is 3.12. The molecule has 1 atom stereocenters. The molecule has 2 rings (SSSR count). The zero-order chi connectivity index (χ0) is 13.9. The second-order valence-electron chi connectivity index (χ2n) is 4.37. The van der Waals surface area contributed by atoms with Crippen LogP contribution in [0.1, 0.15) is 24.2 Å². The van der Waals surface area contributed by atoms with Crippen molar-refractivity contribution in [2.24, 2.45) is 0 Å². The largest absolute Gasteiger partial charge is 0.285 e. The van der Waals surface area contributed by atoms with Crippen LogP contribution >= 0.6 is 0 Å². The molecule has 0 spiro atoms. The van der Waals surface area contributed by atoms with Crippen molar-refractivity contribution in [3.8, 4) is 11.1 Å². The summed E-state index contributed by atoms with van der Waals surface area (Å²) in [4.78, 5) is 0. The monoisotopic (exact) mass is 276 g/mol. The van der Waals surface area contributed by atoms with Gasteiger partial charge < -0.3 is 0 Å². The van der Waals surface area contributed by atoms with Crippen molar-refractivity contribution in [2.45, 2.75) is 18.6 Å². The molecule has 4 heteroatoms. The lowest BCUT2D eigenvalue weighted by Crippen LogP contribution is -2.12. The number of hydrogen-bond acceptors (Lipinski definition) is 2. The maximum Gasteiger partial charge on any atom is 0.272 e. The Balaban J connectivity index is 2.60. The molecule has 2 aromatic carbocycles. The van der Waals surface area contributed by atoms with Crippen LogP contribution in [0.4, 0.5) is 0 Å². The van der Waals surface area contributed by atoms with E-state index in [9.17, 15) is 13.0 Å². The van der Waals surface area contributed by atoms with E-state index in [1.54, 1.807) is 19.1 Å². The van der Waals surface area contributed by atoms with Gasteiger partial charge in [0.05, 0.1) is 0 Å². The molecule has 3 nitrogen and oxygen atoms in total. The average Bonchev–Trinajstić information content (AvgIpc) is 2.39. The molecule has 0 bridgehead atoms. The molecule has 0 aromatic heterocycles. The highest BCUT2D eigenvalue weighted by Gasteiger charge is 2.25. The highest BCUT2D eigenvalue weighted by molar-refractivity contribution is 7.86. The topological polar surface area (TPSA) is 54.4 Å². The second-order valence-corrected chi connectivity index (χ2v) is 5.96. The molecule has 19 heavy (non-hydrogen) atoms. The molecule has 0 radical (unpaired) electrons. The van der Waals surface area contributed by atoms with Gasteiger partial charge >= 0.3 is 0 Å². The van der Waals surface area contributed by atoms with E-state index in [-0.39, 0.29) is 0 Å². The normalized spacial score (nSPS) is 13.2. The summed E-state index contributed by atoms with van der Waals surface area (Å²) in [6.45, 7) is 1.75. The Kier molecular flexibility index (Phi) is 4.02. The van der Waals surface area contributed by atoms with Crippen LogP contribution in [0.15, 0.2) is 54.6 Å². The minimum atomic E-state index is -4.10. The maximum atomic E-state index is 11.5. The Morgan fingerprint density at radius 1 is 1.00 bits per heavy atom. The fourth-order valence-corrected chi connectivity index (χ4v) is 3.20. The van der Waals surface area contributed by atoms with Gasteiger partial charge in [-0.15, -0.1) is 0 Å². The first kappa shape index (κ1) is 13.8. The van der Waals surface area contributed by atoms with Crippen molar-refractivity contribution >= 4 is 10.1 Å². The molecular formula is C15H16O3S. The minimum absolute atomic E-state index is 0.336. The lowest BCUT2D eigenvalue weighted by Gasteiger charge is -2.16. The first-order valence-electron chi connectivity index (χ1n) is 6.14. The van der Waals surface area contributed by atoms with Crippen LogP contribution in [0, 0.1) is 0 Å². The van der Waals surface area contributed by atoms with E-state index in [0.717, 1.165) is 11.1 Å². The summed E-state index contributed by atoms with van der Waals surface area (Å²) in [7, 11) is -4.10. The Morgan fingerprint density at radius 2 is 1.58 bits per heavy atom. The lowest BCUT2D eigenvalue weighted by atomic mass is 9.97. The van der Waals surface area contributed by atoms with E-state index in [4.69, 9.17) is 0 Å². The van der Waals surface area contributed by atoms with Crippen LogP contribution in [0.5, 0.6) is 0 Å². The maximum absolute atomic E-state index is 11.5. The predicted molar refractivity (Wildman–Crippen MR) is 76.5 cm³/mol. The van der Waals surface area contributed by atoms with Gasteiger partial charge in [-0.3, -0.25) is 4.55 Å². The molecule has 0 aliphatic carbocycles. The Hall–Kier alpha value is -1.65.